The van der Waals surface area contributed by atoms with Gasteiger partial charge in [0.15, 0.2) is 0 Å². The Bertz CT molecular complexity index is 1900. The van der Waals surface area contributed by atoms with Crippen LogP contribution in [0.4, 0.5) is 20.8 Å². The van der Waals surface area contributed by atoms with Crippen LogP contribution in [0.2, 0.25) is 0 Å². The number of ether oxygens (including phenoxy) is 3. The minimum absolute atomic E-state index is 0.0972. The lowest BCUT2D eigenvalue weighted by Gasteiger charge is -2.32. The fraction of sp³-hybridized carbons (Fsp3) is 0.429. The molecule has 4 heterocycles. The zero-order valence-electron chi connectivity index (χ0n) is 28.2. The number of methoxy groups -OCH3 is 1. The Morgan fingerprint density at radius 1 is 1.06 bits per heavy atom. The number of alkyl carbamates (subject to hydrolysis) is 1. The molecule has 13 nitrogen and oxygen atoms in total. The van der Waals surface area contributed by atoms with E-state index in [1.54, 1.807) is 6.07 Å². The number of carbonyl (C=O) groups is 1. The van der Waals surface area contributed by atoms with Gasteiger partial charge in [0.25, 0.3) is 0 Å². The summed E-state index contributed by atoms with van der Waals surface area (Å²) < 4.78 is 58.2. The van der Waals surface area contributed by atoms with Crippen molar-refractivity contribution in [3.63, 3.8) is 0 Å². The van der Waals surface area contributed by atoms with E-state index in [1.807, 2.05) is 35.2 Å². The van der Waals surface area contributed by atoms with Crippen LogP contribution >= 0.6 is 0 Å². The molecule has 0 bridgehead atoms. The number of hydrogen-bond acceptors (Lipinski definition) is 11. The molecule has 6 rings (SSSR count). The highest BCUT2D eigenvalue weighted by Gasteiger charge is 2.24. The number of aromatic nitrogens is 3. The molecule has 0 radical (unpaired) electrons. The van der Waals surface area contributed by atoms with Crippen molar-refractivity contribution in [2.24, 2.45) is 5.92 Å². The first-order valence-corrected chi connectivity index (χ1v) is 18.6. The van der Waals surface area contributed by atoms with Gasteiger partial charge in [-0.2, -0.15) is 0 Å². The van der Waals surface area contributed by atoms with Gasteiger partial charge >= 0.3 is 6.09 Å². The number of fused-ring (bicyclic) bond motifs is 1. The molecule has 2 N–H and O–H groups in total. The maximum atomic E-state index is 15.4. The molecule has 2 aliphatic rings. The summed E-state index contributed by atoms with van der Waals surface area (Å²) in [6.45, 7) is 5.14. The summed E-state index contributed by atoms with van der Waals surface area (Å²) in [5.74, 6) is 0.599. The molecule has 266 valence electrons. The number of nitrogens with zero attached hydrogens (tertiary/aromatic N) is 5. The van der Waals surface area contributed by atoms with E-state index < -0.39 is 21.9 Å². The van der Waals surface area contributed by atoms with Gasteiger partial charge in [-0.25, -0.2) is 32.6 Å². The molecule has 50 heavy (non-hydrogen) atoms. The van der Waals surface area contributed by atoms with Gasteiger partial charge in [0.05, 0.1) is 37.8 Å². The molecular formula is C35H42FN7O6S. The number of anilines is 2. The highest BCUT2D eigenvalue weighted by atomic mass is 32.2. The third-order valence-electron chi connectivity index (χ3n) is 8.88. The van der Waals surface area contributed by atoms with Gasteiger partial charge in [0.1, 0.15) is 18.1 Å². The summed E-state index contributed by atoms with van der Waals surface area (Å²) >= 11 is 0. The lowest BCUT2D eigenvalue weighted by molar-refractivity contribution is 0.122. The van der Waals surface area contributed by atoms with E-state index in [4.69, 9.17) is 24.2 Å². The second-order valence-electron chi connectivity index (χ2n) is 12.6. The van der Waals surface area contributed by atoms with Crippen LogP contribution in [0.3, 0.4) is 0 Å². The number of morpholine rings is 1. The summed E-state index contributed by atoms with van der Waals surface area (Å²) in [6, 6.07) is 14.1. The average Bonchev–Trinajstić information content (AvgIpc) is 3.11. The Morgan fingerprint density at radius 3 is 2.54 bits per heavy atom. The summed E-state index contributed by atoms with van der Waals surface area (Å²) in [6.07, 6.45) is 4.89. The zero-order chi connectivity index (χ0) is 35.1. The van der Waals surface area contributed by atoms with Crippen molar-refractivity contribution in [3.05, 3.63) is 71.7 Å². The molecule has 2 aromatic carbocycles. The number of nitrogens with one attached hydrogen (secondary N) is 2. The van der Waals surface area contributed by atoms with Gasteiger partial charge in [-0.15, -0.1) is 0 Å². The molecule has 0 atom stereocenters. The van der Waals surface area contributed by atoms with Crippen molar-refractivity contribution in [1.29, 1.82) is 0 Å². The Morgan fingerprint density at radius 2 is 1.82 bits per heavy atom. The molecule has 15 heteroatoms. The van der Waals surface area contributed by atoms with Crippen molar-refractivity contribution in [1.82, 2.24) is 25.2 Å². The molecule has 0 unspecified atom stereocenters. The number of hydrogen-bond donors (Lipinski definition) is 2. The first kappa shape index (κ1) is 35.2. The summed E-state index contributed by atoms with van der Waals surface area (Å²) in [5, 5.41) is 3.36. The molecule has 0 saturated carbocycles. The predicted octanol–water partition coefficient (Wildman–Crippen LogP) is 4.58. The van der Waals surface area contributed by atoms with Crippen molar-refractivity contribution >= 4 is 38.7 Å². The molecule has 2 fully saturated rings. The fourth-order valence-corrected chi connectivity index (χ4v) is 6.89. The smallest absolute Gasteiger partial charge is 0.407 e. The minimum Gasteiger partial charge on any atom is -0.480 e. The van der Waals surface area contributed by atoms with Crippen molar-refractivity contribution in [2.75, 3.05) is 68.9 Å². The second kappa shape index (κ2) is 16.0. The van der Waals surface area contributed by atoms with Crippen LogP contribution in [0.25, 0.3) is 22.2 Å². The van der Waals surface area contributed by atoms with Gasteiger partial charge in [0, 0.05) is 43.3 Å². The molecule has 0 spiro atoms. The molecule has 2 saturated heterocycles. The lowest BCUT2D eigenvalue weighted by atomic mass is 9.93. The van der Waals surface area contributed by atoms with Crippen LogP contribution < -0.4 is 19.7 Å². The molecule has 2 aromatic heterocycles. The zero-order valence-corrected chi connectivity index (χ0v) is 29.0. The monoisotopic (exact) mass is 707 g/mol. The van der Waals surface area contributed by atoms with E-state index in [1.165, 1.54) is 25.4 Å². The normalized spacial score (nSPS) is 15.9. The summed E-state index contributed by atoms with van der Waals surface area (Å²) in [4.78, 5) is 30.7. The highest BCUT2D eigenvalue weighted by molar-refractivity contribution is 7.92. The van der Waals surface area contributed by atoms with Crippen LogP contribution in [0.5, 0.6) is 5.88 Å². The van der Waals surface area contributed by atoms with Gasteiger partial charge in [0.2, 0.25) is 21.9 Å². The number of benzene rings is 2. The number of piperidine rings is 1. The maximum Gasteiger partial charge on any atom is 0.407 e. The first-order valence-electron chi connectivity index (χ1n) is 16.7. The van der Waals surface area contributed by atoms with Gasteiger partial charge < -0.3 is 24.4 Å². The third kappa shape index (κ3) is 9.14. The predicted molar refractivity (Wildman–Crippen MR) is 188 cm³/mol. The van der Waals surface area contributed by atoms with E-state index in [0.717, 1.165) is 49.7 Å². The number of rotatable bonds is 12. The average molecular weight is 708 g/mol. The Hall–Kier alpha value is -4.60. The fourth-order valence-electron chi connectivity index (χ4n) is 6.34. The molecule has 4 aromatic rings. The quantitative estimate of drug-likeness (QED) is 0.213. The van der Waals surface area contributed by atoms with Crippen LogP contribution in [-0.2, 0) is 32.6 Å². The van der Waals surface area contributed by atoms with Crippen LogP contribution in [0.1, 0.15) is 30.4 Å². The van der Waals surface area contributed by atoms with Crippen molar-refractivity contribution < 1.29 is 31.8 Å². The summed E-state index contributed by atoms with van der Waals surface area (Å²) in [5.41, 5.74) is 3.34. The van der Waals surface area contributed by atoms with Crippen molar-refractivity contribution in [2.45, 2.75) is 32.4 Å². The summed E-state index contributed by atoms with van der Waals surface area (Å²) in [7, 11) is -2.25. The number of carbonyl (C=O) groups excluding carboxylic acids is 1. The Kier molecular flexibility index (Phi) is 11.2. The number of halogens is 1. The van der Waals surface area contributed by atoms with Gasteiger partial charge in [-0.3, -0.25) is 9.62 Å². The Labute approximate surface area is 291 Å². The van der Waals surface area contributed by atoms with Crippen molar-refractivity contribution in [3.8, 4) is 17.1 Å². The molecular weight excluding hydrogens is 665 g/mol. The van der Waals surface area contributed by atoms with Crippen LogP contribution in [0.15, 0.2) is 54.7 Å². The molecule has 0 aliphatic carbocycles. The van der Waals surface area contributed by atoms with Gasteiger partial charge in [-0.1, -0.05) is 30.3 Å². The third-order valence-corrected chi connectivity index (χ3v) is 9.47. The maximum absolute atomic E-state index is 15.4. The first-order chi connectivity index (χ1) is 24.1. The molecule has 1 amide bonds. The van der Waals surface area contributed by atoms with E-state index in [9.17, 15) is 13.2 Å². The highest BCUT2D eigenvalue weighted by Crippen LogP contribution is 2.35. The largest absolute Gasteiger partial charge is 0.480 e. The van der Waals surface area contributed by atoms with E-state index in [2.05, 4.69) is 19.9 Å². The van der Waals surface area contributed by atoms with E-state index in [-0.39, 0.29) is 18.2 Å². The van der Waals surface area contributed by atoms with E-state index in [0.29, 0.717) is 73.4 Å². The SMILES string of the molecule is COc1ncc(-c2nc(N3CCOCC3)nc3c(CN4CCC(CCNC(=O)OCc5ccccc5)CC4)cc(F)cc23)cc1NS(C)(=O)=O. The minimum atomic E-state index is -3.65. The number of pyridine rings is 1. The standard InChI is InChI=1S/C35H42FN7O6S/c1-47-33-30(41-50(2,45)46)19-26(21-38-33)31-29-20-28(36)18-27(32(29)40-34(39-31)43-14-16-48-17-15-43)22-42-12-9-24(10-13-42)8-11-37-35(44)49-23-25-6-4-3-5-7-25/h3-7,18-21,24,41H,8-17,22-23H2,1-2H3,(H,37,44). The number of likely N-dealkylation sites (tertiary alicyclic amines) is 1. The second-order valence-corrected chi connectivity index (χ2v) is 14.3. The van der Waals surface area contributed by atoms with Crippen LogP contribution in [0, 0.1) is 11.7 Å². The van der Waals surface area contributed by atoms with Gasteiger partial charge in [-0.05, 0) is 67.6 Å². The van der Waals surface area contributed by atoms with Crippen LogP contribution in [-0.4, -0.2) is 93.7 Å². The topological polar surface area (TPSA) is 148 Å². The lowest BCUT2D eigenvalue weighted by Crippen LogP contribution is -2.37. The van der Waals surface area contributed by atoms with E-state index >= 15 is 4.39 Å². The number of amides is 1. The molecule has 2 aliphatic heterocycles. The number of sulfonamides is 1. The Balaban J connectivity index is 1.18.